The summed E-state index contributed by atoms with van der Waals surface area (Å²) in [4.78, 5) is 21.3. The summed E-state index contributed by atoms with van der Waals surface area (Å²) in [6, 6.07) is 8.87. The van der Waals surface area contributed by atoms with Gasteiger partial charge in [0.1, 0.15) is 0 Å². The topological polar surface area (TPSA) is 126 Å². The highest BCUT2D eigenvalue weighted by Crippen LogP contribution is 2.28. The second kappa shape index (κ2) is 9.29. The van der Waals surface area contributed by atoms with Crippen molar-refractivity contribution < 1.29 is 21.6 Å². The maximum Gasteiger partial charge on any atom is 0.243 e. The van der Waals surface area contributed by atoms with E-state index in [1.165, 1.54) is 39.9 Å². The molecule has 0 aliphatic carbocycles. The molecule has 1 amide bonds. The van der Waals surface area contributed by atoms with Crippen LogP contribution in [-0.4, -0.2) is 56.4 Å². The lowest BCUT2D eigenvalue weighted by Gasteiger charge is -2.30. The van der Waals surface area contributed by atoms with E-state index < -0.39 is 19.9 Å². The van der Waals surface area contributed by atoms with Crippen molar-refractivity contribution in [3.05, 3.63) is 54.2 Å². The van der Waals surface area contributed by atoms with Gasteiger partial charge in [-0.05, 0) is 49.2 Å². The highest BCUT2D eigenvalue weighted by molar-refractivity contribution is 7.90. The number of aromatic nitrogens is 2. The molecular formula is C21H22N4O5S3. The lowest BCUT2D eigenvalue weighted by atomic mass is 9.97. The Labute approximate surface area is 196 Å². The van der Waals surface area contributed by atoms with E-state index in [2.05, 4.69) is 15.3 Å². The highest BCUT2D eigenvalue weighted by atomic mass is 32.2. The first-order valence-corrected chi connectivity index (χ1v) is 14.3. The van der Waals surface area contributed by atoms with Gasteiger partial charge in [-0.2, -0.15) is 4.31 Å². The van der Waals surface area contributed by atoms with Crippen LogP contribution in [0.25, 0.3) is 11.3 Å². The Hall–Kier alpha value is -2.67. The number of sulfonamides is 1. The second-order valence-corrected chi connectivity index (χ2v) is 12.5. The number of piperidine rings is 1. The van der Waals surface area contributed by atoms with E-state index in [1.807, 2.05) is 17.5 Å². The fourth-order valence-corrected chi connectivity index (χ4v) is 6.37. The summed E-state index contributed by atoms with van der Waals surface area (Å²) in [5, 5.41) is 5.16. The number of benzene rings is 1. The minimum atomic E-state index is -3.77. The normalized spacial score (nSPS) is 15.9. The number of nitrogens with zero attached hydrogens (tertiary/aromatic N) is 3. The van der Waals surface area contributed by atoms with Crippen LogP contribution in [0.15, 0.2) is 64.0 Å². The third kappa shape index (κ3) is 5.29. The van der Waals surface area contributed by atoms with Gasteiger partial charge in [0.05, 0.1) is 15.5 Å². The number of hydrogen-bond donors (Lipinski definition) is 1. The molecule has 0 saturated carbocycles. The Balaban J connectivity index is 1.36. The molecule has 1 saturated heterocycles. The Bertz CT molecular complexity index is 1350. The number of thiazole rings is 1. The minimum Gasteiger partial charge on any atom is -0.302 e. The zero-order chi connectivity index (χ0) is 23.6. The number of sulfone groups is 1. The van der Waals surface area contributed by atoms with Crippen LogP contribution in [-0.2, 0) is 24.7 Å². The molecule has 4 rings (SSSR count). The summed E-state index contributed by atoms with van der Waals surface area (Å²) >= 11 is 1.32. The minimum absolute atomic E-state index is 0.0310. The van der Waals surface area contributed by atoms with Crippen molar-refractivity contribution in [1.82, 2.24) is 14.3 Å². The first-order valence-electron chi connectivity index (χ1n) is 10.1. The molecule has 0 unspecified atom stereocenters. The van der Waals surface area contributed by atoms with Crippen molar-refractivity contribution in [1.29, 1.82) is 0 Å². The third-order valence-electron chi connectivity index (χ3n) is 5.41. The number of hydrogen-bond acceptors (Lipinski definition) is 8. The van der Waals surface area contributed by atoms with Crippen LogP contribution in [0.4, 0.5) is 5.13 Å². The van der Waals surface area contributed by atoms with Crippen LogP contribution in [0, 0.1) is 5.92 Å². The van der Waals surface area contributed by atoms with E-state index in [0.717, 1.165) is 17.5 Å². The lowest BCUT2D eigenvalue weighted by molar-refractivity contribution is -0.120. The van der Waals surface area contributed by atoms with Gasteiger partial charge in [-0.15, -0.1) is 11.3 Å². The first kappa shape index (κ1) is 23.5. The predicted octanol–water partition coefficient (Wildman–Crippen LogP) is 2.65. The van der Waals surface area contributed by atoms with Crippen molar-refractivity contribution in [2.45, 2.75) is 22.6 Å². The van der Waals surface area contributed by atoms with Crippen LogP contribution in [0.3, 0.4) is 0 Å². The van der Waals surface area contributed by atoms with Crippen molar-refractivity contribution in [2.24, 2.45) is 5.92 Å². The second-order valence-electron chi connectivity index (χ2n) is 7.69. The number of pyridine rings is 1. The first-order chi connectivity index (χ1) is 15.6. The van der Waals surface area contributed by atoms with Crippen molar-refractivity contribution in [2.75, 3.05) is 24.7 Å². The Morgan fingerprint density at radius 3 is 2.33 bits per heavy atom. The van der Waals surface area contributed by atoms with Crippen LogP contribution < -0.4 is 5.32 Å². The van der Waals surface area contributed by atoms with Crippen molar-refractivity contribution >= 4 is 42.2 Å². The Kier molecular flexibility index (Phi) is 6.61. The van der Waals surface area contributed by atoms with Gasteiger partial charge in [0, 0.05) is 48.6 Å². The van der Waals surface area contributed by atoms with Crippen LogP contribution in [0.1, 0.15) is 12.8 Å². The summed E-state index contributed by atoms with van der Waals surface area (Å²) in [6.07, 6.45) is 5.21. The van der Waals surface area contributed by atoms with Crippen LogP contribution in [0.2, 0.25) is 0 Å². The highest BCUT2D eigenvalue weighted by Gasteiger charge is 2.32. The molecule has 0 spiro atoms. The monoisotopic (exact) mass is 506 g/mol. The van der Waals surface area contributed by atoms with Gasteiger partial charge in [0.15, 0.2) is 15.0 Å². The van der Waals surface area contributed by atoms with E-state index in [9.17, 15) is 21.6 Å². The maximum atomic E-state index is 12.9. The number of anilines is 1. The van der Waals surface area contributed by atoms with E-state index in [-0.39, 0.29) is 34.7 Å². The van der Waals surface area contributed by atoms with Gasteiger partial charge in [-0.25, -0.2) is 21.8 Å². The molecular weight excluding hydrogens is 484 g/mol. The Morgan fingerprint density at radius 2 is 1.73 bits per heavy atom. The largest absolute Gasteiger partial charge is 0.302 e. The molecule has 0 atom stereocenters. The molecule has 0 radical (unpaired) electrons. The van der Waals surface area contributed by atoms with Gasteiger partial charge < -0.3 is 5.32 Å². The maximum absolute atomic E-state index is 12.9. The number of rotatable bonds is 6. The molecule has 2 aromatic heterocycles. The lowest BCUT2D eigenvalue weighted by Crippen LogP contribution is -2.41. The summed E-state index contributed by atoms with van der Waals surface area (Å²) in [5.74, 6) is -0.508. The van der Waals surface area contributed by atoms with Gasteiger partial charge in [0.2, 0.25) is 15.9 Å². The van der Waals surface area contributed by atoms with E-state index in [1.54, 1.807) is 12.4 Å². The number of amides is 1. The van der Waals surface area contributed by atoms with Gasteiger partial charge >= 0.3 is 0 Å². The molecule has 1 aliphatic heterocycles. The summed E-state index contributed by atoms with van der Waals surface area (Å²) in [6.45, 7) is 0.403. The molecule has 3 aromatic rings. The summed E-state index contributed by atoms with van der Waals surface area (Å²) < 4.78 is 50.4. The van der Waals surface area contributed by atoms with E-state index >= 15 is 0 Å². The molecule has 1 aliphatic rings. The van der Waals surface area contributed by atoms with Gasteiger partial charge in [-0.3, -0.25) is 9.78 Å². The van der Waals surface area contributed by atoms with E-state index in [0.29, 0.717) is 18.0 Å². The van der Waals surface area contributed by atoms with Crippen LogP contribution >= 0.6 is 11.3 Å². The SMILES string of the molecule is CS(=O)(=O)c1ccc(S(=O)(=O)N2CCC(C(=O)Nc3nc(-c4cccnc4)cs3)CC2)cc1. The average molecular weight is 507 g/mol. The van der Waals surface area contributed by atoms with Crippen molar-refractivity contribution in [3.8, 4) is 11.3 Å². The Morgan fingerprint density at radius 1 is 1.06 bits per heavy atom. The molecule has 12 heteroatoms. The van der Waals surface area contributed by atoms with Gasteiger partial charge in [-0.1, -0.05) is 0 Å². The molecule has 1 N–H and O–H groups in total. The molecule has 174 valence electrons. The molecule has 0 bridgehead atoms. The smallest absolute Gasteiger partial charge is 0.243 e. The van der Waals surface area contributed by atoms with Crippen molar-refractivity contribution in [3.63, 3.8) is 0 Å². The number of carbonyl (C=O) groups is 1. The summed E-state index contributed by atoms with van der Waals surface area (Å²) in [5.41, 5.74) is 1.59. The average Bonchev–Trinajstić information content (AvgIpc) is 3.28. The van der Waals surface area contributed by atoms with Gasteiger partial charge in [0.25, 0.3) is 0 Å². The fourth-order valence-electron chi connectivity index (χ4n) is 3.55. The quantitative estimate of drug-likeness (QED) is 0.545. The fraction of sp³-hybridized carbons (Fsp3) is 0.286. The zero-order valence-electron chi connectivity index (χ0n) is 17.7. The molecule has 3 heterocycles. The third-order valence-corrected chi connectivity index (χ3v) is 9.21. The number of nitrogens with one attached hydrogen (secondary N) is 1. The molecule has 1 aromatic carbocycles. The molecule has 33 heavy (non-hydrogen) atoms. The summed E-state index contributed by atoms with van der Waals surface area (Å²) in [7, 11) is -7.18. The van der Waals surface area contributed by atoms with Crippen LogP contribution in [0.5, 0.6) is 0 Å². The molecule has 9 nitrogen and oxygen atoms in total. The molecule has 1 fully saturated rings. The predicted molar refractivity (Wildman–Crippen MR) is 125 cm³/mol. The standard InChI is InChI=1S/C21H22N4O5S3/c1-32(27,28)17-4-6-18(7-5-17)33(29,30)25-11-8-15(9-12-25)20(26)24-21-23-19(14-31-21)16-3-2-10-22-13-16/h2-7,10,13-15H,8-9,11-12H2,1H3,(H,23,24,26). The van der Waals surface area contributed by atoms with E-state index in [4.69, 9.17) is 0 Å². The number of carbonyl (C=O) groups excluding carboxylic acids is 1. The zero-order valence-corrected chi connectivity index (χ0v) is 20.2.